The van der Waals surface area contributed by atoms with Gasteiger partial charge in [0.25, 0.3) is 5.56 Å². The summed E-state index contributed by atoms with van der Waals surface area (Å²) in [6.45, 7) is -0.0929. The van der Waals surface area contributed by atoms with E-state index in [1.54, 1.807) is 30.5 Å². The van der Waals surface area contributed by atoms with Crippen LogP contribution in [-0.4, -0.2) is 21.1 Å². The van der Waals surface area contributed by atoms with E-state index in [0.29, 0.717) is 11.2 Å². The molecule has 2 aromatic heterocycles. The standard InChI is InChI=1S/C16H13FN2O2/c17-14-3-1-2-11(8-14)12-4-6-19-15(9-12)18-10-13(5-7-20)16(19)21/h1-4,6,8-10,20H,5,7H2. The van der Waals surface area contributed by atoms with Crippen molar-refractivity contribution in [3.8, 4) is 11.1 Å². The third-order valence-corrected chi connectivity index (χ3v) is 3.32. The highest BCUT2D eigenvalue weighted by atomic mass is 19.1. The van der Waals surface area contributed by atoms with Gasteiger partial charge in [-0.2, -0.15) is 0 Å². The maximum absolute atomic E-state index is 13.3. The van der Waals surface area contributed by atoms with Crippen LogP contribution in [0.3, 0.4) is 0 Å². The van der Waals surface area contributed by atoms with E-state index in [2.05, 4.69) is 4.98 Å². The van der Waals surface area contributed by atoms with Gasteiger partial charge in [-0.3, -0.25) is 9.20 Å². The Morgan fingerprint density at radius 1 is 1.19 bits per heavy atom. The fourth-order valence-electron chi connectivity index (χ4n) is 2.25. The predicted molar refractivity (Wildman–Crippen MR) is 77.6 cm³/mol. The molecule has 21 heavy (non-hydrogen) atoms. The van der Waals surface area contributed by atoms with Gasteiger partial charge >= 0.3 is 0 Å². The number of nitrogens with zero attached hydrogens (tertiary/aromatic N) is 2. The molecule has 0 amide bonds. The summed E-state index contributed by atoms with van der Waals surface area (Å²) in [7, 11) is 0. The molecular weight excluding hydrogens is 271 g/mol. The summed E-state index contributed by atoms with van der Waals surface area (Å²) in [5.74, 6) is -0.309. The highest BCUT2D eigenvalue weighted by molar-refractivity contribution is 5.67. The number of benzene rings is 1. The van der Waals surface area contributed by atoms with Gasteiger partial charge in [0.1, 0.15) is 11.5 Å². The molecule has 5 heteroatoms. The molecule has 0 aliphatic heterocycles. The molecule has 3 rings (SSSR count). The first kappa shape index (κ1) is 13.5. The molecule has 0 bridgehead atoms. The second-order valence-electron chi connectivity index (χ2n) is 4.72. The minimum atomic E-state index is -0.309. The first-order chi connectivity index (χ1) is 10.2. The minimum absolute atomic E-state index is 0.0929. The van der Waals surface area contributed by atoms with Crippen LogP contribution in [-0.2, 0) is 6.42 Å². The molecule has 1 aromatic carbocycles. The van der Waals surface area contributed by atoms with Gasteiger partial charge in [0.2, 0.25) is 0 Å². The normalized spacial score (nSPS) is 11.0. The summed E-state index contributed by atoms with van der Waals surface area (Å²) in [5, 5.41) is 8.92. The molecule has 4 nitrogen and oxygen atoms in total. The highest BCUT2D eigenvalue weighted by Crippen LogP contribution is 2.20. The zero-order valence-electron chi connectivity index (χ0n) is 11.2. The molecule has 0 unspecified atom stereocenters. The molecule has 0 radical (unpaired) electrons. The quantitative estimate of drug-likeness (QED) is 0.800. The second-order valence-corrected chi connectivity index (χ2v) is 4.72. The van der Waals surface area contributed by atoms with E-state index in [9.17, 15) is 9.18 Å². The predicted octanol–water partition coefficient (Wildman–Crippen LogP) is 2.04. The van der Waals surface area contributed by atoms with Crippen LogP contribution in [0.25, 0.3) is 16.8 Å². The third-order valence-electron chi connectivity index (χ3n) is 3.32. The first-order valence-corrected chi connectivity index (χ1v) is 6.56. The van der Waals surface area contributed by atoms with Crippen molar-refractivity contribution in [2.24, 2.45) is 0 Å². The van der Waals surface area contributed by atoms with E-state index < -0.39 is 0 Å². The van der Waals surface area contributed by atoms with Gasteiger partial charge in [-0.05, 0) is 35.4 Å². The average Bonchev–Trinajstić information content (AvgIpc) is 2.50. The number of aromatic nitrogens is 2. The fraction of sp³-hybridized carbons (Fsp3) is 0.125. The number of halogens is 1. The number of fused-ring (bicyclic) bond motifs is 1. The summed E-state index contributed by atoms with van der Waals surface area (Å²) >= 11 is 0. The number of hydrogen-bond donors (Lipinski definition) is 1. The van der Waals surface area contributed by atoms with Crippen molar-refractivity contribution in [1.82, 2.24) is 9.38 Å². The van der Waals surface area contributed by atoms with Gasteiger partial charge in [-0.25, -0.2) is 9.37 Å². The van der Waals surface area contributed by atoms with Gasteiger partial charge in [0.05, 0.1) is 0 Å². The third kappa shape index (κ3) is 2.55. The summed E-state index contributed by atoms with van der Waals surface area (Å²) in [5.41, 5.74) is 2.28. The van der Waals surface area contributed by atoms with Crippen LogP contribution in [0.15, 0.2) is 53.6 Å². The van der Waals surface area contributed by atoms with Crippen molar-refractivity contribution < 1.29 is 9.50 Å². The second kappa shape index (κ2) is 5.46. The van der Waals surface area contributed by atoms with E-state index in [-0.39, 0.29) is 24.4 Å². The zero-order chi connectivity index (χ0) is 14.8. The van der Waals surface area contributed by atoms with Gasteiger partial charge in [-0.1, -0.05) is 12.1 Å². The molecule has 0 atom stereocenters. The SMILES string of the molecule is O=c1c(CCO)cnc2cc(-c3cccc(F)c3)ccn12. The van der Waals surface area contributed by atoms with Crippen LogP contribution in [0.5, 0.6) is 0 Å². The lowest BCUT2D eigenvalue weighted by molar-refractivity contribution is 0.299. The van der Waals surface area contributed by atoms with E-state index in [4.69, 9.17) is 5.11 Å². The lowest BCUT2D eigenvalue weighted by atomic mass is 10.1. The number of rotatable bonds is 3. The summed E-state index contributed by atoms with van der Waals surface area (Å²) in [6, 6.07) is 9.73. The molecule has 106 valence electrons. The molecule has 0 saturated carbocycles. The largest absolute Gasteiger partial charge is 0.396 e. The van der Waals surface area contributed by atoms with E-state index in [1.807, 2.05) is 0 Å². The number of aliphatic hydroxyl groups excluding tert-OH is 1. The van der Waals surface area contributed by atoms with Crippen LogP contribution in [0, 0.1) is 5.82 Å². The first-order valence-electron chi connectivity index (χ1n) is 6.56. The number of hydrogen-bond acceptors (Lipinski definition) is 3. The maximum atomic E-state index is 13.3. The van der Waals surface area contributed by atoms with E-state index >= 15 is 0 Å². The van der Waals surface area contributed by atoms with Gasteiger partial charge in [-0.15, -0.1) is 0 Å². The smallest absolute Gasteiger partial charge is 0.261 e. The fourth-order valence-corrected chi connectivity index (χ4v) is 2.25. The molecule has 0 aliphatic rings. The molecule has 0 fully saturated rings. The molecule has 3 aromatic rings. The van der Waals surface area contributed by atoms with Crippen LogP contribution in [0.1, 0.15) is 5.56 Å². The van der Waals surface area contributed by atoms with Gasteiger partial charge in [0.15, 0.2) is 0 Å². The highest BCUT2D eigenvalue weighted by Gasteiger charge is 2.06. The maximum Gasteiger partial charge on any atom is 0.261 e. The van der Waals surface area contributed by atoms with Crippen molar-refractivity contribution in [3.05, 3.63) is 70.5 Å². The van der Waals surface area contributed by atoms with E-state index in [0.717, 1.165) is 11.1 Å². The van der Waals surface area contributed by atoms with Crippen LogP contribution < -0.4 is 5.56 Å². The molecule has 0 saturated heterocycles. The van der Waals surface area contributed by atoms with Crippen molar-refractivity contribution in [1.29, 1.82) is 0 Å². The zero-order valence-corrected chi connectivity index (χ0v) is 11.2. The Kier molecular flexibility index (Phi) is 3.50. The average molecular weight is 284 g/mol. The Hall–Kier alpha value is -2.53. The number of aliphatic hydroxyl groups is 1. The summed E-state index contributed by atoms with van der Waals surface area (Å²) < 4.78 is 14.7. The van der Waals surface area contributed by atoms with Crippen LogP contribution in [0.4, 0.5) is 4.39 Å². The van der Waals surface area contributed by atoms with Crippen LogP contribution in [0.2, 0.25) is 0 Å². The van der Waals surface area contributed by atoms with Crippen LogP contribution >= 0.6 is 0 Å². The van der Waals surface area contributed by atoms with E-state index in [1.165, 1.54) is 22.7 Å². The Morgan fingerprint density at radius 2 is 2.00 bits per heavy atom. The van der Waals surface area contributed by atoms with Crippen molar-refractivity contribution >= 4 is 5.65 Å². The van der Waals surface area contributed by atoms with Crippen molar-refractivity contribution in [2.75, 3.05) is 6.61 Å². The molecule has 0 aliphatic carbocycles. The number of pyridine rings is 1. The van der Waals surface area contributed by atoms with Crippen molar-refractivity contribution in [2.45, 2.75) is 6.42 Å². The molecule has 1 N–H and O–H groups in total. The Morgan fingerprint density at radius 3 is 2.76 bits per heavy atom. The Bertz CT molecular complexity index is 858. The monoisotopic (exact) mass is 284 g/mol. The topological polar surface area (TPSA) is 54.6 Å². The van der Waals surface area contributed by atoms with Gasteiger partial charge < -0.3 is 5.11 Å². The summed E-state index contributed by atoms with van der Waals surface area (Å²) in [6.07, 6.45) is 3.37. The lowest BCUT2D eigenvalue weighted by Gasteiger charge is -2.06. The Balaban J connectivity index is 2.13. The van der Waals surface area contributed by atoms with Crippen molar-refractivity contribution in [3.63, 3.8) is 0 Å². The molecular formula is C16H13FN2O2. The molecule has 2 heterocycles. The van der Waals surface area contributed by atoms with Gasteiger partial charge in [0, 0.05) is 31.0 Å². The molecule has 0 spiro atoms. The minimum Gasteiger partial charge on any atom is -0.396 e. The Labute approximate surface area is 120 Å². The summed E-state index contributed by atoms with van der Waals surface area (Å²) in [4.78, 5) is 16.4. The lowest BCUT2D eigenvalue weighted by Crippen LogP contribution is -2.20.